The Bertz CT molecular complexity index is 667. The molecule has 0 saturated heterocycles. The first kappa shape index (κ1) is 15.9. The lowest BCUT2D eigenvalue weighted by atomic mass is 9.49. The van der Waals surface area contributed by atoms with Gasteiger partial charge in [0.2, 0.25) is 0 Å². The molecule has 1 amide bonds. The van der Waals surface area contributed by atoms with Gasteiger partial charge in [-0.2, -0.15) is 0 Å². The summed E-state index contributed by atoms with van der Waals surface area (Å²) in [6.45, 7) is 0.384. The molecule has 0 aromatic heterocycles. The molecule has 4 aliphatic carbocycles. The van der Waals surface area contributed by atoms with Gasteiger partial charge in [-0.05, 0) is 67.8 Å². The number of hydrogen-bond donors (Lipinski definition) is 1. The maximum atomic E-state index is 13.7. The number of hydrogen-bond acceptors (Lipinski definition) is 1. The molecule has 1 aromatic rings. The zero-order valence-corrected chi connectivity index (χ0v) is 13.2. The molecule has 5 rings (SSSR count). The summed E-state index contributed by atoms with van der Waals surface area (Å²) in [5.41, 5.74) is -0.756. The highest BCUT2D eigenvalue weighted by Gasteiger charge is 2.50. The van der Waals surface area contributed by atoms with Gasteiger partial charge in [-0.15, -0.1) is 0 Å². The Morgan fingerprint density at radius 3 is 2.04 bits per heavy atom. The summed E-state index contributed by atoms with van der Waals surface area (Å²) in [7, 11) is 0. The molecular weight excluding hydrogens is 322 g/mol. The molecule has 0 radical (unpaired) electrons. The Labute approximate surface area is 137 Å². The molecule has 130 valence electrons. The summed E-state index contributed by atoms with van der Waals surface area (Å²) in [4.78, 5) is 12.2. The highest BCUT2D eigenvalue weighted by Crippen LogP contribution is 2.59. The van der Waals surface area contributed by atoms with Crippen molar-refractivity contribution in [1.82, 2.24) is 5.32 Å². The highest BCUT2D eigenvalue weighted by atomic mass is 19.2. The van der Waals surface area contributed by atoms with Gasteiger partial charge in [-0.25, -0.2) is 17.6 Å². The number of benzene rings is 1. The van der Waals surface area contributed by atoms with Gasteiger partial charge in [0.15, 0.2) is 23.3 Å². The molecule has 2 nitrogen and oxygen atoms in total. The molecule has 4 saturated carbocycles. The van der Waals surface area contributed by atoms with Gasteiger partial charge in [0.05, 0.1) is 5.56 Å². The normalized spacial score (nSPS) is 33.8. The molecule has 0 aliphatic heterocycles. The minimum absolute atomic E-state index is 0.0258. The fourth-order valence-corrected chi connectivity index (χ4v) is 5.61. The SMILES string of the molecule is O=C(NCC12CC3CC(CC(C3)C1)C2)c1cc(F)c(F)c(F)c1F. The summed E-state index contributed by atoms with van der Waals surface area (Å²) in [6, 6.07) is 0.419. The average Bonchev–Trinajstić information content (AvgIpc) is 2.53. The van der Waals surface area contributed by atoms with E-state index in [2.05, 4.69) is 5.32 Å². The topological polar surface area (TPSA) is 29.1 Å². The van der Waals surface area contributed by atoms with E-state index >= 15 is 0 Å². The molecule has 0 atom stereocenters. The fraction of sp³-hybridized carbons (Fsp3) is 0.611. The number of carbonyl (C=O) groups excluding carboxylic acids is 1. The molecule has 1 aromatic carbocycles. The lowest BCUT2D eigenvalue weighted by Gasteiger charge is -2.56. The van der Waals surface area contributed by atoms with Crippen LogP contribution in [-0.2, 0) is 0 Å². The molecule has 4 aliphatic rings. The Hall–Kier alpha value is -1.59. The van der Waals surface area contributed by atoms with Crippen molar-refractivity contribution in [1.29, 1.82) is 0 Å². The monoisotopic (exact) mass is 341 g/mol. The molecule has 4 fully saturated rings. The quantitative estimate of drug-likeness (QED) is 0.499. The number of halogens is 4. The third-order valence-corrected chi connectivity index (χ3v) is 6.14. The van der Waals surface area contributed by atoms with Gasteiger partial charge in [0.1, 0.15) is 0 Å². The van der Waals surface area contributed by atoms with E-state index < -0.39 is 34.7 Å². The third-order valence-electron chi connectivity index (χ3n) is 6.14. The average molecular weight is 341 g/mol. The summed E-state index contributed by atoms with van der Waals surface area (Å²) in [5, 5.41) is 2.64. The van der Waals surface area contributed by atoms with E-state index in [9.17, 15) is 22.4 Å². The van der Waals surface area contributed by atoms with Crippen LogP contribution in [0, 0.1) is 46.4 Å². The third kappa shape index (κ3) is 2.50. The predicted octanol–water partition coefficient (Wildman–Crippen LogP) is 4.19. The molecule has 0 unspecified atom stereocenters. The minimum atomic E-state index is -1.95. The first-order chi connectivity index (χ1) is 11.4. The van der Waals surface area contributed by atoms with Crippen molar-refractivity contribution >= 4 is 5.91 Å². The van der Waals surface area contributed by atoms with E-state index in [0.717, 1.165) is 19.3 Å². The number of carbonyl (C=O) groups is 1. The van der Waals surface area contributed by atoms with Crippen molar-refractivity contribution in [3.8, 4) is 0 Å². The van der Waals surface area contributed by atoms with Gasteiger partial charge >= 0.3 is 0 Å². The molecular formula is C18H19F4NO. The first-order valence-electron chi connectivity index (χ1n) is 8.48. The van der Waals surface area contributed by atoms with Crippen LogP contribution in [0.2, 0.25) is 0 Å². The van der Waals surface area contributed by atoms with E-state index in [4.69, 9.17) is 0 Å². The van der Waals surface area contributed by atoms with Crippen molar-refractivity contribution in [2.75, 3.05) is 6.54 Å². The second-order valence-corrected chi connectivity index (χ2v) is 7.95. The van der Waals surface area contributed by atoms with E-state index in [0.29, 0.717) is 30.4 Å². The van der Waals surface area contributed by atoms with Gasteiger partial charge in [-0.1, -0.05) is 0 Å². The van der Waals surface area contributed by atoms with E-state index in [-0.39, 0.29) is 5.41 Å². The largest absolute Gasteiger partial charge is 0.351 e. The summed E-state index contributed by atoms with van der Waals surface area (Å²) in [6.07, 6.45) is 6.93. The van der Waals surface area contributed by atoms with Crippen LogP contribution in [-0.4, -0.2) is 12.5 Å². The van der Waals surface area contributed by atoms with Gasteiger partial charge in [0.25, 0.3) is 5.91 Å². The molecule has 0 spiro atoms. The Balaban J connectivity index is 1.50. The van der Waals surface area contributed by atoms with Gasteiger partial charge < -0.3 is 5.32 Å². The first-order valence-corrected chi connectivity index (χ1v) is 8.48. The fourth-order valence-electron chi connectivity index (χ4n) is 5.61. The Kier molecular flexibility index (Phi) is 3.62. The highest BCUT2D eigenvalue weighted by molar-refractivity contribution is 5.94. The van der Waals surface area contributed by atoms with E-state index in [1.54, 1.807) is 0 Å². The second kappa shape index (κ2) is 5.46. The summed E-state index contributed by atoms with van der Waals surface area (Å²) < 4.78 is 53.3. The Morgan fingerprint density at radius 1 is 0.958 bits per heavy atom. The van der Waals surface area contributed by atoms with Gasteiger partial charge in [0, 0.05) is 6.54 Å². The number of nitrogens with one attached hydrogen (secondary N) is 1. The minimum Gasteiger partial charge on any atom is -0.351 e. The van der Waals surface area contributed by atoms with Crippen molar-refractivity contribution in [2.45, 2.75) is 38.5 Å². The molecule has 6 heteroatoms. The van der Waals surface area contributed by atoms with Gasteiger partial charge in [-0.3, -0.25) is 4.79 Å². The van der Waals surface area contributed by atoms with E-state index in [1.807, 2.05) is 0 Å². The summed E-state index contributed by atoms with van der Waals surface area (Å²) >= 11 is 0. The lowest BCUT2D eigenvalue weighted by Crippen LogP contribution is -2.51. The molecule has 1 N–H and O–H groups in total. The summed E-state index contributed by atoms with van der Waals surface area (Å²) in [5.74, 6) is -5.84. The maximum Gasteiger partial charge on any atom is 0.254 e. The van der Waals surface area contributed by atoms with Crippen LogP contribution < -0.4 is 5.32 Å². The zero-order chi connectivity index (χ0) is 17.1. The van der Waals surface area contributed by atoms with Crippen LogP contribution >= 0.6 is 0 Å². The van der Waals surface area contributed by atoms with E-state index in [1.165, 1.54) is 19.3 Å². The molecule has 24 heavy (non-hydrogen) atoms. The maximum absolute atomic E-state index is 13.7. The van der Waals surface area contributed by atoms with Crippen molar-refractivity contribution < 1.29 is 22.4 Å². The van der Waals surface area contributed by atoms with Crippen LogP contribution in [0.5, 0.6) is 0 Å². The van der Waals surface area contributed by atoms with Crippen LogP contribution in [0.25, 0.3) is 0 Å². The standard InChI is InChI=1S/C18H19F4NO/c19-13-4-12(14(20)16(22)15(13)21)17(24)23-8-18-5-9-1-10(6-18)3-11(2-9)7-18/h4,9-11H,1-3,5-8H2,(H,23,24). The lowest BCUT2D eigenvalue weighted by molar-refractivity contribution is -0.0503. The van der Waals surface area contributed by atoms with Crippen molar-refractivity contribution in [3.63, 3.8) is 0 Å². The molecule has 4 bridgehead atoms. The zero-order valence-electron chi connectivity index (χ0n) is 13.2. The molecule has 0 heterocycles. The van der Waals surface area contributed by atoms with Crippen molar-refractivity contribution in [2.24, 2.45) is 23.2 Å². The van der Waals surface area contributed by atoms with Crippen LogP contribution in [0.1, 0.15) is 48.9 Å². The van der Waals surface area contributed by atoms with Crippen LogP contribution in [0.15, 0.2) is 6.07 Å². The van der Waals surface area contributed by atoms with Crippen LogP contribution in [0.3, 0.4) is 0 Å². The smallest absolute Gasteiger partial charge is 0.254 e. The predicted molar refractivity (Wildman–Crippen MR) is 79.2 cm³/mol. The Morgan fingerprint density at radius 2 is 1.50 bits per heavy atom. The van der Waals surface area contributed by atoms with Crippen LogP contribution in [0.4, 0.5) is 17.6 Å². The number of rotatable bonds is 3. The second-order valence-electron chi connectivity index (χ2n) is 7.95. The van der Waals surface area contributed by atoms with Crippen molar-refractivity contribution in [3.05, 3.63) is 34.9 Å². The number of amides is 1.